The van der Waals surface area contributed by atoms with Crippen molar-refractivity contribution in [2.75, 3.05) is 11.9 Å². The molecule has 0 aliphatic carbocycles. The smallest absolute Gasteiger partial charge is 0.223 e. The zero-order valence-electron chi connectivity index (χ0n) is 10.6. The van der Waals surface area contributed by atoms with Gasteiger partial charge < -0.3 is 10.4 Å². The number of hydrogen-bond acceptors (Lipinski definition) is 6. The first-order valence-corrected chi connectivity index (χ1v) is 7.62. The highest BCUT2D eigenvalue weighted by Gasteiger charge is 2.12. The van der Waals surface area contributed by atoms with Crippen molar-refractivity contribution in [2.24, 2.45) is 7.05 Å². The molecular formula is C12H12BrN5OS. The Bertz CT molecular complexity index is 740. The van der Waals surface area contributed by atoms with Gasteiger partial charge in [0.05, 0.1) is 21.1 Å². The molecule has 0 saturated heterocycles. The number of fused-ring (bicyclic) bond motifs is 1. The molecule has 0 amide bonds. The zero-order valence-corrected chi connectivity index (χ0v) is 13.0. The molecule has 0 bridgehead atoms. The molecule has 20 heavy (non-hydrogen) atoms. The van der Waals surface area contributed by atoms with Gasteiger partial charge in [-0.2, -0.15) is 5.10 Å². The van der Waals surface area contributed by atoms with Crippen molar-refractivity contribution in [3.8, 4) is 0 Å². The van der Waals surface area contributed by atoms with E-state index in [9.17, 15) is 5.11 Å². The third-order valence-electron chi connectivity index (χ3n) is 2.92. The Hall–Kier alpha value is -1.51. The lowest BCUT2D eigenvalue weighted by Crippen LogP contribution is -2.16. The fraction of sp³-hybridized carbons (Fsp3) is 0.250. The van der Waals surface area contributed by atoms with Crippen LogP contribution in [0.3, 0.4) is 0 Å². The highest BCUT2D eigenvalue weighted by molar-refractivity contribution is 9.10. The highest BCUT2D eigenvalue weighted by atomic mass is 79.9. The van der Waals surface area contributed by atoms with Crippen molar-refractivity contribution in [1.29, 1.82) is 0 Å². The first kappa shape index (κ1) is 13.5. The van der Waals surface area contributed by atoms with Gasteiger partial charge in [0.1, 0.15) is 11.6 Å². The number of aliphatic hydroxyl groups excluding tert-OH is 1. The molecule has 8 heteroatoms. The summed E-state index contributed by atoms with van der Waals surface area (Å²) in [5.74, 6) is 0.498. The number of anilines is 1. The molecule has 3 rings (SSSR count). The summed E-state index contributed by atoms with van der Waals surface area (Å²) >= 11 is 5.04. The summed E-state index contributed by atoms with van der Waals surface area (Å²) < 4.78 is 3.62. The van der Waals surface area contributed by atoms with Crippen molar-refractivity contribution in [2.45, 2.75) is 6.10 Å². The number of rotatable bonds is 4. The standard InChI is InChI=1S/C12H12BrN5OS/c1-18-8(2-3-16-18)9(19)4-14-12-15-5-10-11(17-12)7(13)6-20-10/h2-3,5-6,9,19H,4H2,1H3,(H,14,15,17). The second kappa shape index (κ2) is 5.47. The second-order valence-electron chi connectivity index (χ2n) is 4.27. The van der Waals surface area contributed by atoms with E-state index in [4.69, 9.17) is 0 Å². The van der Waals surface area contributed by atoms with Crippen LogP contribution in [0, 0.1) is 0 Å². The Morgan fingerprint density at radius 3 is 3.15 bits per heavy atom. The van der Waals surface area contributed by atoms with Gasteiger partial charge in [-0.1, -0.05) is 0 Å². The third kappa shape index (κ3) is 2.54. The van der Waals surface area contributed by atoms with Crippen molar-refractivity contribution in [3.05, 3.63) is 34.0 Å². The summed E-state index contributed by atoms with van der Waals surface area (Å²) in [5, 5.41) is 19.1. The molecule has 0 fully saturated rings. The van der Waals surface area contributed by atoms with E-state index in [0.29, 0.717) is 12.5 Å². The summed E-state index contributed by atoms with van der Waals surface area (Å²) in [4.78, 5) is 8.65. The van der Waals surface area contributed by atoms with E-state index >= 15 is 0 Å². The van der Waals surface area contributed by atoms with Crippen LogP contribution in [0.4, 0.5) is 5.95 Å². The zero-order chi connectivity index (χ0) is 14.1. The molecule has 1 atom stereocenters. The van der Waals surface area contributed by atoms with Gasteiger partial charge in [0, 0.05) is 25.2 Å². The lowest BCUT2D eigenvalue weighted by Gasteiger charge is -2.12. The topological polar surface area (TPSA) is 75.9 Å². The molecular weight excluding hydrogens is 342 g/mol. The molecule has 0 saturated carbocycles. The Labute approximate surface area is 127 Å². The summed E-state index contributed by atoms with van der Waals surface area (Å²) in [6.45, 7) is 0.326. The summed E-state index contributed by atoms with van der Waals surface area (Å²) in [5.41, 5.74) is 1.62. The monoisotopic (exact) mass is 353 g/mol. The van der Waals surface area contributed by atoms with Gasteiger partial charge in [0.25, 0.3) is 0 Å². The van der Waals surface area contributed by atoms with E-state index in [1.54, 1.807) is 41.5 Å². The van der Waals surface area contributed by atoms with E-state index in [-0.39, 0.29) is 0 Å². The van der Waals surface area contributed by atoms with Crippen LogP contribution in [0.15, 0.2) is 28.3 Å². The average molecular weight is 354 g/mol. The molecule has 0 aromatic carbocycles. The Morgan fingerprint density at radius 2 is 2.40 bits per heavy atom. The molecule has 1 unspecified atom stereocenters. The van der Waals surface area contributed by atoms with E-state index in [0.717, 1.165) is 20.4 Å². The van der Waals surface area contributed by atoms with Crippen molar-refractivity contribution < 1.29 is 5.11 Å². The second-order valence-corrected chi connectivity index (χ2v) is 6.03. The predicted octanol–water partition coefficient (Wildman–Crippen LogP) is 2.33. The first-order valence-electron chi connectivity index (χ1n) is 5.94. The van der Waals surface area contributed by atoms with Gasteiger partial charge in [-0.05, 0) is 22.0 Å². The number of halogens is 1. The van der Waals surface area contributed by atoms with Crippen LogP contribution in [0.25, 0.3) is 10.2 Å². The maximum atomic E-state index is 10.1. The molecule has 104 valence electrons. The van der Waals surface area contributed by atoms with Crippen LogP contribution in [0.2, 0.25) is 0 Å². The average Bonchev–Trinajstić information content (AvgIpc) is 3.03. The lowest BCUT2D eigenvalue weighted by molar-refractivity contribution is 0.181. The van der Waals surface area contributed by atoms with Gasteiger partial charge in [0.2, 0.25) is 5.95 Å². The minimum atomic E-state index is -0.660. The number of thiophene rings is 1. The van der Waals surface area contributed by atoms with E-state index in [1.807, 2.05) is 5.38 Å². The van der Waals surface area contributed by atoms with Gasteiger partial charge in [-0.25, -0.2) is 9.97 Å². The highest BCUT2D eigenvalue weighted by Crippen LogP contribution is 2.28. The molecule has 0 radical (unpaired) electrons. The molecule has 0 spiro atoms. The minimum Gasteiger partial charge on any atom is -0.385 e. The largest absolute Gasteiger partial charge is 0.385 e. The lowest BCUT2D eigenvalue weighted by atomic mass is 10.2. The Kier molecular flexibility index (Phi) is 3.68. The van der Waals surface area contributed by atoms with E-state index < -0.39 is 6.10 Å². The van der Waals surface area contributed by atoms with Crippen LogP contribution < -0.4 is 5.32 Å². The summed E-state index contributed by atoms with van der Waals surface area (Å²) in [7, 11) is 1.80. The molecule has 0 aliphatic heterocycles. The SMILES string of the molecule is Cn1nccc1C(O)CNc1ncc2scc(Br)c2n1. The Balaban J connectivity index is 1.73. The number of aliphatic hydroxyl groups is 1. The molecule has 3 heterocycles. The van der Waals surface area contributed by atoms with Crippen molar-refractivity contribution in [3.63, 3.8) is 0 Å². The normalized spacial score (nSPS) is 12.8. The quantitative estimate of drug-likeness (QED) is 0.752. The molecule has 2 N–H and O–H groups in total. The molecule has 0 aliphatic rings. The van der Waals surface area contributed by atoms with E-state index in [2.05, 4.69) is 36.3 Å². The fourth-order valence-corrected chi connectivity index (χ4v) is 3.32. The van der Waals surface area contributed by atoms with Crippen LogP contribution in [0.1, 0.15) is 11.8 Å². The predicted molar refractivity (Wildman–Crippen MR) is 81.8 cm³/mol. The first-order chi connectivity index (χ1) is 9.65. The number of aromatic nitrogens is 4. The van der Waals surface area contributed by atoms with E-state index in [1.165, 1.54) is 0 Å². The fourth-order valence-electron chi connectivity index (χ4n) is 1.89. The number of nitrogens with one attached hydrogen (secondary N) is 1. The van der Waals surface area contributed by atoms with Gasteiger partial charge in [-0.3, -0.25) is 4.68 Å². The number of hydrogen-bond donors (Lipinski definition) is 2. The van der Waals surface area contributed by atoms with Crippen LogP contribution >= 0.6 is 27.3 Å². The van der Waals surface area contributed by atoms with Crippen LogP contribution in [0.5, 0.6) is 0 Å². The summed E-state index contributed by atoms with van der Waals surface area (Å²) in [6.07, 6.45) is 2.77. The van der Waals surface area contributed by atoms with Crippen molar-refractivity contribution in [1.82, 2.24) is 19.7 Å². The van der Waals surface area contributed by atoms with Gasteiger partial charge >= 0.3 is 0 Å². The third-order valence-corrected chi connectivity index (χ3v) is 4.74. The maximum absolute atomic E-state index is 10.1. The molecule has 6 nitrogen and oxygen atoms in total. The van der Waals surface area contributed by atoms with Crippen molar-refractivity contribution >= 4 is 43.4 Å². The van der Waals surface area contributed by atoms with Gasteiger partial charge in [0.15, 0.2) is 0 Å². The minimum absolute atomic E-state index is 0.326. The van der Waals surface area contributed by atoms with Crippen LogP contribution in [-0.4, -0.2) is 31.4 Å². The van der Waals surface area contributed by atoms with Crippen LogP contribution in [-0.2, 0) is 7.05 Å². The number of aryl methyl sites for hydroxylation is 1. The van der Waals surface area contributed by atoms with Gasteiger partial charge in [-0.15, -0.1) is 11.3 Å². The maximum Gasteiger partial charge on any atom is 0.223 e. The summed E-state index contributed by atoms with van der Waals surface area (Å²) in [6, 6.07) is 1.78. The molecule has 3 aromatic heterocycles. The number of nitrogens with zero attached hydrogens (tertiary/aromatic N) is 4. The Morgan fingerprint density at radius 1 is 1.55 bits per heavy atom. The molecule has 3 aromatic rings.